The maximum absolute atomic E-state index is 12.3. The van der Waals surface area contributed by atoms with Crippen LogP contribution < -0.4 is 11.1 Å². The van der Waals surface area contributed by atoms with Crippen LogP contribution >= 0.6 is 11.8 Å². The molecule has 1 aromatic carbocycles. The molecular formula is C16H21N3Na2O5S. The van der Waals surface area contributed by atoms with Gasteiger partial charge in [0.1, 0.15) is 29.2 Å². The molecule has 3 rings (SSSR count). The Labute approximate surface area is 205 Å². The number of amides is 2. The van der Waals surface area contributed by atoms with Crippen LogP contribution in [-0.4, -0.2) is 114 Å². The first-order valence-corrected chi connectivity index (χ1v) is 8.59. The number of thioether (sulfide) groups is 1. The Morgan fingerprint density at radius 1 is 1.26 bits per heavy atom. The van der Waals surface area contributed by atoms with Crippen molar-refractivity contribution in [1.82, 2.24) is 10.2 Å². The molecule has 0 spiro atoms. The van der Waals surface area contributed by atoms with Crippen LogP contribution in [0.4, 0.5) is 0 Å². The van der Waals surface area contributed by atoms with Crippen molar-refractivity contribution in [2.75, 3.05) is 0 Å². The van der Waals surface area contributed by atoms with E-state index in [0.717, 1.165) is 0 Å². The number of nitrogens with two attached hydrogens (primary N) is 1. The van der Waals surface area contributed by atoms with Gasteiger partial charge in [-0.05, 0) is 31.5 Å². The summed E-state index contributed by atoms with van der Waals surface area (Å²) in [5.74, 6) is -1.94. The van der Waals surface area contributed by atoms with E-state index in [2.05, 4.69) is 5.32 Å². The van der Waals surface area contributed by atoms with E-state index < -0.39 is 46.0 Å². The van der Waals surface area contributed by atoms with Crippen molar-refractivity contribution in [3.05, 3.63) is 29.8 Å². The molecule has 27 heavy (non-hydrogen) atoms. The first-order chi connectivity index (χ1) is 11.6. The second kappa shape index (κ2) is 9.04. The Kier molecular flexibility index (Phi) is 8.30. The van der Waals surface area contributed by atoms with Crippen LogP contribution in [0.3, 0.4) is 0 Å². The molecule has 8 nitrogen and oxygen atoms in total. The summed E-state index contributed by atoms with van der Waals surface area (Å²) in [6.07, 6.45) is 0. The molecule has 11 heteroatoms. The fourth-order valence-corrected chi connectivity index (χ4v) is 4.85. The molecule has 0 bridgehead atoms. The number of β-lactam (4-membered cyclic amide) rings is 1. The molecule has 1 aromatic rings. The van der Waals surface area contributed by atoms with Crippen molar-refractivity contribution in [2.45, 2.75) is 42.1 Å². The number of carboxylic acid groups (broad SMARTS) is 1. The van der Waals surface area contributed by atoms with Gasteiger partial charge in [0.15, 0.2) is 0 Å². The van der Waals surface area contributed by atoms with Crippen LogP contribution in [0.5, 0.6) is 5.75 Å². The third-order valence-corrected chi connectivity index (χ3v) is 6.08. The zero-order valence-electron chi connectivity index (χ0n) is 13.7. The molecule has 2 saturated heterocycles. The summed E-state index contributed by atoms with van der Waals surface area (Å²) in [6.45, 7) is 3.53. The van der Waals surface area contributed by atoms with Crippen molar-refractivity contribution in [3.63, 3.8) is 0 Å². The molecule has 138 valence electrons. The summed E-state index contributed by atoms with van der Waals surface area (Å²) in [4.78, 5) is 37.5. The van der Waals surface area contributed by atoms with Crippen LogP contribution in [0, 0.1) is 0 Å². The maximum atomic E-state index is 12.3. The summed E-state index contributed by atoms with van der Waals surface area (Å²) in [6, 6.07) is 3.21. The SMILES string of the molecule is CC1(C)S[C@@H]2[C@H](NC(=O)[C@H](N)c3ccc(O)cc3)C(=O)N2[C@H]1C(=O)O.[NaH].[NaH]. The molecule has 0 saturated carbocycles. The van der Waals surface area contributed by atoms with Gasteiger partial charge in [-0.25, -0.2) is 4.79 Å². The predicted molar refractivity (Wildman–Crippen MR) is 105 cm³/mol. The fourth-order valence-electron chi connectivity index (χ4n) is 3.22. The third-order valence-electron chi connectivity index (χ3n) is 4.51. The second-order valence-electron chi connectivity index (χ2n) is 6.65. The first-order valence-electron chi connectivity index (χ1n) is 7.71. The molecule has 2 aliphatic rings. The van der Waals surface area contributed by atoms with Crippen molar-refractivity contribution < 1.29 is 24.6 Å². The van der Waals surface area contributed by atoms with Gasteiger partial charge in [-0.1, -0.05) is 12.1 Å². The van der Waals surface area contributed by atoms with Gasteiger partial charge in [-0.2, -0.15) is 0 Å². The average molecular weight is 413 g/mol. The Bertz CT molecular complexity index is 746. The molecule has 0 aromatic heterocycles. The van der Waals surface area contributed by atoms with Gasteiger partial charge >= 0.3 is 65.1 Å². The number of aliphatic carboxylic acids is 1. The van der Waals surface area contributed by atoms with Crippen LogP contribution in [0.1, 0.15) is 25.5 Å². The molecule has 2 aliphatic heterocycles. The molecule has 0 unspecified atom stereocenters. The van der Waals surface area contributed by atoms with Crippen LogP contribution in [0.2, 0.25) is 0 Å². The van der Waals surface area contributed by atoms with Crippen LogP contribution in [0.15, 0.2) is 24.3 Å². The van der Waals surface area contributed by atoms with Gasteiger partial charge in [0.25, 0.3) is 0 Å². The Hall–Kier alpha value is -0.260. The van der Waals surface area contributed by atoms with Crippen molar-refractivity contribution >= 4 is 88.7 Å². The molecule has 2 fully saturated rings. The van der Waals surface area contributed by atoms with Gasteiger partial charge in [-0.3, -0.25) is 9.59 Å². The van der Waals surface area contributed by atoms with E-state index in [-0.39, 0.29) is 64.9 Å². The predicted octanol–water partition coefficient (Wildman–Crippen LogP) is -1.27. The molecule has 5 N–H and O–H groups in total. The van der Waals surface area contributed by atoms with Crippen molar-refractivity contribution in [2.24, 2.45) is 5.73 Å². The Balaban J connectivity index is 0.00000182. The first kappa shape index (κ1) is 24.8. The van der Waals surface area contributed by atoms with E-state index in [9.17, 15) is 24.6 Å². The van der Waals surface area contributed by atoms with E-state index in [1.807, 2.05) is 0 Å². The fraction of sp³-hybridized carbons (Fsp3) is 0.438. The van der Waals surface area contributed by atoms with E-state index in [1.165, 1.54) is 40.9 Å². The second-order valence-corrected chi connectivity index (χ2v) is 8.42. The van der Waals surface area contributed by atoms with Crippen LogP contribution in [0.25, 0.3) is 0 Å². The Morgan fingerprint density at radius 3 is 2.33 bits per heavy atom. The monoisotopic (exact) mass is 413 g/mol. The van der Waals surface area contributed by atoms with E-state index in [4.69, 9.17) is 5.73 Å². The summed E-state index contributed by atoms with van der Waals surface area (Å²) in [7, 11) is 0. The summed E-state index contributed by atoms with van der Waals surface area (Å²) < 4.78 is -0.648. The normalized spacial score (nSPS) is 26.0. The number of hydrogen-bond donors (Lipinski definition) is 4. The average Bonchev–Trinajstić information content (AvgIpc) is 2.80. The minimum absolute atomic E-state index is 0. The number of rotatable bonds is 4. The number of carboxylic acids is 1. The number of nitrogens with zero attached hydrogens (tertiary/aromatic N) is 1. The zero-order chi connectivity index (χ0) is 18.5. The van der Waals surface area contributed by atoms with E-state index >= 15 is 0 Å². The van der Waals surface area contributed by atoms with Gasteiger partial charge in [0, 0.05) is 4.75 Å². The number of fused-ring (bicyclic) bond motifs is 1. The summed E-state index contributed by atoms with van der Waals surface area (Å²) >= 11 is 1.35. The number of carbonyl (C=O) groups is 3. The molecule has 4 atom stereocenters. The quantitative estimate of drug-likeness (QED) is 0.357. The van der Waals surface area contributed by atoms with Crippen LogP contribution in [-0.2, 0) is 14.4 Å². The van der Waals surface area contributed by atoms with Crippen molar-refractivity contribution in [1.29, 1.82) is 0 Å². The standard InChI is InChI=1S/C16H19N3O5S.2Na.2H/c1-16(2)11(15(23)24)19-13(22)10(14(19)25-16)18-12(21)9(17)7-3-5-8(20)6-4-7;;;;/h3-6,9-11,14,20H,17H2,1-2H3,(H,18,21)(H,23,24);;;;/t9-,10-,11+,14-;;;;/m1..../s1. The minimum atomic E-state index is -1.06. The number of benzene rings is 1. The Morgan fingerprint density at radius 2 is 1.81 bits per heavy atom. The number of phenols is 1. The number of hydrogen-bond acceptors (Lipinski definition) is 6. The van der Waals surface area contributed by atoms with Gasteiger partial charge < -0.3 is 26.2 Å². The molecule has 2 heterocycles. The topological polar surface area (TPSA) is 133 Å². The van der Waals surface area contributed by atoms with E-state index in [0.29, 0.717) is 5.56 Å². The third kappa shape index (κ3) is 4.51. The zero-order valence-corrected chi connectivity index (χ0v) is 14.5. The molecule has 0 aliphatic carbocycles. The number of phenolic OH excluding ortho intramolecular Hbond substituents is 1. The van der Waals surface area contributed by atoms with E-state index in [1.54, 1.807) is 13.8 Å². The number of carbonyl (C=O) groups excluding carboxylic acids is 2. The van der Waals surface area contributed by atoms with Gasteiger partial charge in [-0.15, -0.1) is 11.8 Å². The number of aromatic hydroxyl groups is 1. The summed E-state index contributed by atoms with van der Waals surface area (Å²) in [5.41, 5.74) is 6.41. The molecular weight excluding hydrogens is 392 g/mol. The van der Waals surface area contributed by atoms with Gasteiger partial charge in [0.2, 0.25) is 11.8 Å². The number of nitrogens with one attached hydrogen (secondary N) is 1. The van der Waals surface area contributed by atoms with Crippen molar-refractivity contribution in [3.8, 4) is 5.75 Å². The molecule has 0 radical (unpaired) electrons. The van der Waals surface area contributed by atoms with Gasteiger partial charge in [0.05, 0.1) is 0 Å². The summed E-state index contributed by atoms with van der Waals surface area (Å²) in [5, 5.41) is 20.9. The molecule has 2 amide bonds.